The summed E-state index contributed by atoms with van der Waals surface area (Å²) in [6.45, 7) is 2.13. The SMILES string of the molecule is CCOc1ccc(C(=O)O)cc1/C=N\NC(=O)C(=O)Nc1cccc(Cl)c1. The number of ether oxygens (including phenoxy) is 1. The van der Waals surface area contributed by atoms with Gasteiger partial charge in [0, 0.05) is 16.3 Å². The van der Waals surface area contributed by atoms with Gasteiger partial charge in [-0.25, -0.2) is 10.2 Å². The van der Waals surface area contributed by atoms with Gasteiger partial charge in [0.25, 0.3) is 0 Å². The molecule has 0 aliphatic heterocycles. The molecule has 0 bridgehead atoms. The molecule has 0 fully saturated rings. The maximum Gasteiger partial charge on any atom is 0.335 e. The van der Waals surface area contributed by atoms with Gasteiger partial charge in [0.05, 0.1) is 18.4 Å². The molecule has 0 aliphatic carbocycles. The van der Waals surface area contributed by atoms with Crippen molar-refractivity contribution in [1.29, 1.82) is 0 Å². The van der Waals surface area contributed by atoms with Gasteiger partial charge in [-0.05, 0) is 43.3 Å². The standard InChI is InChI=1S/C18H16ClN3O5/c1-2-27-15-7-6-11(18(25)26)8-12(15)10-20-22-17(24)16(23)21-14-5-3-4-13(19)9-14/h3-10H,2H2,1H3,(H,21,23)(H,22,24)(H,25,26)/b20-10-. The van der Waals surface area contributed by atoms with Crippen LogP contribution in [0.15, 0.2) is 47.6 Å². The van der Waals surface area contributed by atoms with E-state index in [4.69, 9.17) is 21.4 Å². The minimum Gasteiger partial charge on any atom is -0.493 e. The van der Waals surface area contributed by atoms with Crippen LogP contribution in [0.2, 0.25) is 5.02 Å². The number of hydrazone groups is 1. The molecule has 0 spiro atoms. The summed E-state index contributed by atoms with van der Waals surface area (Å²) in [6.07, 6.45) is 1.20. The van der Waals surface area contributed by atoms with Gasteiger partial charge in [0.1, 0.15) is 5.75 Å². The third-order valence-corrected chi connectivity index (χ3v) is 3.45. The van der Waals surface area contributed by atoms with E-state index in [-0.39, 0.29) is 5.56 Å². The fraction of sp³-hybridized carbons (Fsp3) is 0.111. The zero-order chi connectivity index (χ0) is 19.8. The molecule has 0 saturated heterocycles. The molecule has 0 saturated carbocycles. The molecule has 140 valence electrons. The summed E-state index contributed by atoms with van der Waals surface area (Å²) < 4.78 is 5.38. The summed E-state index contributed by atoms with van der Waals surface area (Å²) in [5.41, 5.74) is 2.80. The topological polar surface area (TPSA) is 117 Å². The van der Waals surface area contributed by atoms with Crippen LogP contribution in [0.5, 0.6) is 5.75 Å². The molecule has 8 nitrogen and oxygen atoms in total. The monoisotopic (exact) mass is 389 g/mol. The number of nitrogens with zero attached hydrogens (tertiary/aromatic N) is 1. The van der Waals surface area contributed by atoms with Crippen molar-refractivity contribution in [2.24, 2.45) is 5.10 Å². The summed E-state index contributed by atoms with van der Waals surface area (Å²) in [6, 6.07) is 10.5. The van der Waals surface area contributed by atoms with E-state index in [9.17, 15) is 14.4 Å². The second-order valence-corrected chi connectivity index (χ2v) is 5.59. The van der Waals surface area contributed by atoms with Gasteiger partial charge in [0.15, 0.2) is 0 Å². The Morgan fingerprint density at radius 2 is 1.96 bits per heavy atom. The molecule has 0 aliphatic rings. The first-order valence-corrected chi connectivity index (χ1v) is 8.18. The Balaban J connectivity index is 2.05. The second kappa shape index (κ2) is 9.35. The fourth-order valence-electron chi connectivity index (χ4n) is 2.03. The predicted molar refractivity (Wildman–Crippen MR) is 100 cm³/mol. The Hall–Kier alpha value is -3.39. The number of carboxylic acid groups (broad SMARTS) is 1. The minimum absolute atomic E-state index is 0.0323. The van der Waals surface area contributed by atoms with Crippen molar-refractivity contribution in [3.63, 3.8) is 0 Å². The first-order chi connectivity index (χ1) is 12.9. The van der Waals surface area contributed by atoms with E-state index >= 15 is 0 Å². The highest BCUT2D eigenvalue weighted by Gasteiger charge is 2.13. The second-order valence-electron chi connectivity index (χ2n) is 5.15. The number of amides is 2. The zero-order valence-corrected chi connectivity index (χ0v) is 15.0. The van der Waals surface area contributed by atoms with Crippen LogP contribution in [0.4, 0.5) is 5.69 Å². The maximum absolute atomic E-state index is 11.8. The van der Waals surface area contributed by atoms with Crippen molar-refractivity contribution in [2.45, 2.75) is 6.92 Å². The van der Waals surface area contributed by atoms with Crippen molar-refractivity contribution in [1.82, 2.24) is 5.43 Å². The third-order valence-electron chi connectivity index (χ3n) is 3.22. The summed E-state index contributed by atoms with van der Waals surface area (Å²) >= 11 is 5.81. The van der Waals surface area contributed by atoms with E-state index in [1.807, 2.05) is 0 Å². The zero-order valence-electron chi connectivity index (χ0n) is 14.2. The predicted octanol–water partition coefficient (Wildman–Crippen LogP) is 2.53. The summed E-state index contributed by atoms with van der Waals surface area (Å²) in [4.78, 5) is 34.7. The van der Waals surface area contributed by atoms with E-state index < -0.39 is 17.8 Å². The first kappa shape index (κ1) is 19.9. The summed E-state index contributed by atoms with van der Waals surface area (Å²) in [5, 5.41) is 15.5. The maximum atomic E-state index is 11.8. The summed E-state index contributed by atoms with van der Waals surface area (Å²) in [7, 11) is 0. The highest BCUT2D eigenvalue weighted by atomic mass is 35.5. The number of hydrogen-bond acceptors (Lipinski definition) is 5. The fourth-order valence-corrected chi connectivity index (χ4v) is 2.22. The number of carbonyl (C=O) groups is 3. The smallest absolute Gasteiger partial charge is 0.335 e. The molecule has 27 heavy (non-hydrogen) atoms. The number of benzene rings is 2. The number of carboxylic acids is 1. The molecule has 9 heteroatoms. The largest absolute Gasteiger partial charge is 0.493 e. The van der Waals surface area contributed by atoms with E-state index in [1.165, 1.54) is 30.5 Å². The summed E-state index contributed by atoms with van der Waals surface area (Å²) in [5.74, 6) is -2.65. The van der Waals surface area contributed by atoms with Crippen molar-refractivity contribution < 1.29 is 24.2 Å². The highest BCUT2D eigenvalue weighted by molar-refractivity contribution is 6.39. The van der Waals surface area contributed by atoms with Crippen molar-refractivity contribution >= 4 is 41.3 Å². The van der Waals surface area contributed by atoms with Gasteiger partial charge in [-0.1, -0.05) is 17.7 Å². The first-order valence-electron chi connectivity index (χ1n) is 7.80. The van der Waals surface area contributed by atoms with Gasteiger partial charge >= 0.3 is 17.8 Å². The van der Waals surface area contributed by atoms with Crippen LogP contribution in [0.1, 0.15) is 22.8 Å². The van der Waals surface area contributed by atoms with E-state index in [0.29, 0.717) is 28.6 Å². The quantitative estimate of drug-likeness (QED) is 0.398. The Morgan fingerprint density at radius 3 is 2.63 bits per heavy atom. The average Bonchev–Trinajstić information content (AvgIpc) is 2.62. The molecule has 0 radical (unpaired) electrons. The highest BCUT2D eigenvalue weighted by Crippen LogP contribution is 2.19. The lowest BCUT2D eigenvalue weighted by atomic mass is 10.1. The Kier molecular flexibility index (Phi) is 6.90. The van der Waals surface area contributed by atoms with Crippen LogP contribution in [0.3, 0.4) is 0 Å². The van der Waals surface area contributed by atoms with Crippen LogP contribution >= 0.6 is 11.6 Å². The molecule has 2 amide bonds. The number of carbonyl (C=O) groups excluding carboxylic acids is 2. The molecular formula is C18H16ClN3O5. The number of anilines is 1. The number of nitrogens with one attached hydrogen (secondary N) is 2. The van der Waals surface area contributed by atoms with E-state index in [0.717, 1.165) is 0 Å². The van der Waals surface area contributed by atoms with Gasteiger partial charge < -0.3 is 15.2 Å². The molecule has 0 unspecified atom stereocenters. The lowest BCUT2D eigenvalue weighted by Gasteiger charge is -2.08. The average molecular weight is 390 g/mol. The molecule has 3 N–H and O–H groups in total. The van der Waals surface area contributed by atoms with Crippen LogP contribution < -0.4 is 15.5 Å². The molecule has 0 aromatic heterocycles. The van der Waals surface area contributed by atoms with E-state index in [1.54, 1.807) is 25.1 Å². The number of hydrogen-bond donors (Lipinski definition) is 3. The Bertz CT molecular complexity index is 898. The Morgan fingerprint density at radius 1 is 1.19 bits per heavy atom. The van der Waals surface area contributed by atoms with Gasteiger partial charge in [-0.15, -0.1) is 0 Å². The van der Waals surface area contributed by atoms with E-state index in [2.05, 4.69) is 15.8 Å². The molecule has 2 aromatic carbocycles. The van der Waals surface area contributed by atoms with Crippen LogP contribution in [-0.4, -0.2) is 35.7 Å². The third kappa shape index (κ3) is 5.82. The lowest BCUT2D eigenvalue weighted by Crippen LogP contribution is -2.32. The van der Waals surface area contributed by atoms with Gasteiger partial charge in [-0.3, -0.25) is 9.59 Å². The number of aromatic carboxylic acids is 1. The van der Waals surface area contributed by atoms with Crippen LogP contribution in [0, 0.1) is 0 Å². The van der Waals surface area contributed by atoms with Gasteiger partial charge in [0.2, 0.25) is 0 Å². The minimum atomic E-state index is -1.11. The van der Waals surface area contributed by atoms with Crippen molar-refractivity contribution in [2.75, 3.05) is 11.9 Å². The lowest BCUT2D eigenvalue weighted by molar-refractivity contribution is -0.136. The normalized spacial score (nSPS) is 10.4. The molecular weight excluding hydrogens is 374 g/mol. The Labute approximate surface area is 159 Å². The van der Waals surface area contributed by atoms with Crippen molar-refractivity contribution in [3.05, 3.63) is 58.6 Å². The van der Waals surface area contributed by atoms with Crippen LogP contribution in [0.25, 0.3) is 0 Å². The van der Waals surface area contributed by atoms with Crippen molar-refractivity contribution in [3.8, 4) is 5.75 Å². The van der Waals surface area contributed by atoms with Gasteiger partial charge in [-0.2, -0.15) is 5.10 Å². The molecule has 0 heterocycles. The molecule has 0 atom stereocenters. The molecule has 2 aromatic rings. The number of rotatable bonds is 6. The number of halogens is 1. The molecule has 2 rings (SSSR count). The van der Waals surface area contributed by atoms with Crippen LogP contribution in [-0.2, 0) is 9.59 Å².